The molecule has 24 heavy (non-hydrogen) atoms. The normalized spacial score (nSPS) is 11.2. The van der Waals surface area contributed by atoms with Gasteiger partial charge in [0.2, 0.25) is 5.88 Å². The maximum absolute atomic E-state index is 11.5. The molecule has 0 aliphatic rings. The first-order valence-corrected chi connectivity index (χ1v) is 9.38. The van der Waals surface area contributed by atoms with E-state index in [1.54, 1.807) is 12.1 Å². The summed E-state index contributed by atoms with van der Waals surface area (Å²) in [4.78, 5) is 4.02. The minimum absolute atomic E-state index is 0.000646. The molecule has 0 aliphatic carbocycles. The Morgan fingerprint density at radius 1 is 0.833 bits per heavy atom. The van der Waals surface area contributed by atoms with Crippen molar-refractivity contribution in [2.45, 2.75) is 11.4 Å². The number of nitrogens with zero attached hydrogens (tertiary/aromatic N) is 1. The van der Waals surface area contributed by atoms with Crippen molar-refractivity contribution >= 4 is 9.84 Å². The molecule has 0 fully saturated rings. The molecule has 0 amide bonds. The summed E-state index contributed by atoms with van der Waals surface area (Å²) in [5.74, 6) is 0.874. The summed E-state index contributed by atoms with van der Waals surface area (Å²) < 4.78 is 28.7. The molecule has 0 saturated carbocycles. The molecule has 0 saturated heterocycles. The molecule has 2 aromatic carbocycles. The number of aromatic nitrogens is 1. The highest BCUT2D eigenvalue weighted by molar-refractivity contribution is 7.90. The second-order valence-electron chi connectivity index (χ2n) is 5.49. The highest BCUT2D eigenvalue weighted by Crippen LogP contribution is 2.22. The number of ether oxygens (including phenoxy) is 1. The minimum Gasteiger partial charge on any atom is -0.439 e. The number of rotatable bonds is 5. The third kappa shape index (κ3) is 4.20. The smallest absolute Gasteiger partial charge is 0.220 e. The van der Waals surface area contributed by atoms with Gasteiger partial charge in [-0.25, -0.2) is 13.4 Å². The fourth-order valence-corrected chi connectivity index (χ4v) is 2.87. The Morgan fingerprint density at radius 3 is 2.17 bits per heavy atom. The van der Waals surface area contributed by atoms with E-state index in [4.69, 9.17) is 4.74 Å². The Kier molecular flexibility index (Phi) is 4.62. The maximum Gasteiger partial charge on any atom is 0.220 e. The molecular weight excluding hydrogens is 322 g/mol. The minimum atomic E-state index is -3.35. The van der Waals surface area contributed by atoms with Crippen molar-refractivity contribution in [2.24, 2.45) is 0 Å². The molecule has 5 heteroatoms. The van der Waals surface area contributed by atoms with Crippen molar-refractivity contribution in [1.82, 2.24) is 4.98 Å². The van der Waals surface area contributed by atoms with Crippen LogP contribution in [0.15, 0.2) is 77.8 Å². The summed E-state index contributed by atoms with van der Waals surface area (Å²) in [5, 5.41) is 0.000646. The molecule has 4 nitrogen and oxygen atoms in total. The SMILES string of the molecule is CS(=O)(=O)c1cccc(Oc2ccc(Cc3ccccc3)cc2)n1. The molecule has 3 rings (SSSR count). The van der Waals surface area contributed by atoms with Gasteiger partial charge >= 0.3 is 0 Å². The van der Waals surface area contributed by atoms with Crippen molar-refractivity contribution < 1.29 is 13.2 Å². The fraction of sp³-hybridized carbons (Fsp3) is 0.105. The first-order valence-electron chi connectivity index (χ1n) is 7.48. The van der Waals surface area contributed by atoms with Crippen LogP contribution in [0.3, 0.4) is 0 Å². The van der Waals surface area contributed by atoms with Crippen LogP contribution in [0.25, 0.3) is 0 Å². The molecule has 0 radical (unpaired) electrons. The average Bonchev–Trinajstić information content (AvgIpc) is 2.57. The van der Waals surface area contributed by atoms with Gasteiger partial charge in [0, 0.05) is 12.3 Å². The van der Waals surface area contributed by atoms with Crippen LogP contribution in [0.1, 0.15) is 11.1 Å². The molecule has 0 aliphatic heterocycles. The fourth-order valence-electron chi connectivity index (χ4n) is 2.29. The number of pyridine rings is 1. The van der Waals surface area contributed by atoms with Gasteiger partial charge in [-0.3, -0.25) is 0 Å². The molecule has 0 spiro atoms. The van der Waals surface area contributed by atoms with Crippen LogP contribution in [0, 0.1) is 0 Å². The van der Waals surface area contributed by atoms with Crippen molar-refractivity contribution in [3.8, 4) is 11.6 Å². The Labute approximate surface area is 141 Å². The first-order chi connectivity index (χ1) is 11.5. The largest absolute Gasteiger partial charge is 0.439 e. The summed E-state index contributed by atoms with van der Waals surface area (Å²) in [6.45, 7) is 0. The average molecular weight is 339 g/mol. The summed E-state index contributed by atoms with van der Waals surface area (Å²) in [5.41, 5.74) is 2.42. The van der Waals surface area contributed by atoms with E-state index >= 15 is 0 Å². The standard InChI is InChI=1S/C19H17NO3S/c1-24(21,22)19-9-5-8-18(20-19)23-17-12-10-16(11-13-17)14-15-6-3-2-4-7-15/h2-13H,14H2,1H3. The molecule has 122 valence electrons. The van der Waals surface area contributed by atoms with Gasteiger partial charge in [-0.2, -0.15) is 0 Å². The second kappa shape index (κ2) is 6.84. The molecule has 0 atom stereocenters. The van der Waals surface area contributed by atoms with Gasteiger partial charge in [0.05, 0.1) is 0 Å². The Hall–Kier alpha value is -2.66. The summed E-state index contributed by atoms with van der Waals surface area (Å²) in [6.07, 6.45) is 1.97. The quantitative estimate of drug-likeness (QED) is 0.708. The van der Waals surface area contributed by atoms with E-state index in [9.17, 15) is 8.42 Å². The molecule has 0 N–H and O–H groups in total. The van der Waals surface area contributed by atoms with Gasteiger partial charge in [0.15, 0.2) is 14.9 Å². The summed E-state index contributed by atoms with van der Waals surface area (Å²) in [7, 11) is -3.35. The number of hydrogen-bond donors (Lipinski definition) is 0. The third-order valence-corrected chi connectivity index (χ3v) is 4.46. The molecular formula is C19H17NO3S. The van der Waals surface area contributed by atoms with Gasteiger partial charge in [-0.15, -0.1) is 0 Å². The lowest BCUT2D eigenvalue weighted by Gasteiger charge is -2.07. The van der Waals surface area contributed by atoms with Crippen LogP contribution < -0.4 is 4.74 Å². The second-order valence-corrected chi connectivity index (χ2v) is 7.46. The lowest BCUT2D eigenvalue weighted by atomic mass is 10.1. The van der Waals surface area contributed by atoms with Crippen LogP contribution in [0.4, 0.5) is 0 Å². The monoisotopic (exact) mass is 339 g/mol. The van der Waals surface area contributed by atoms with Crippen LogP contribution >= 0.6 is 0 Å². The molecule has 0 bridgehead atoms. The van der Waals surface area contributed by atoms with Gasteiger partial charge in [-0.05, 0) is 35.7 Å². The summed E-state index contributed by atoms with van der Waals surface area (Å²) in [6, 6.07) is 22.6. The van der Waals surface area contributed by atoms with E-state index in [2.05, 4.69) is 17.1 Å². The zero-order chi connectivity index (χ0) is 17.0. The third-order valence-electron chi connectivity index (χ3n) is 3.47. The molecule has 3 aromatic rings. The van der Waals surface area contributed by atoms with Gasteiger partial charge < -0.3 is 4.74 Å². The number of benzene rings is 2. The zero-order valence-corrected chi connectivity index (χ0v) is 14.0. The highest BCUT2D eigenvalue weighted by Gasteiger charge is 2.10. The first kappa shape index (κ1) is 16.2. The van der Waals surface area contributed by atoms with Crippen molar-refractivity contribution in [3.63, 3.8) is 0 Å². The van der Waals surface area contributed by atoms with E-state index in [1.165, 1.54) is 17.2 Å². The van der Waals surface area contributed by atoms with Gasteiger partial charge in [0.1, 0.15) is 5.75 Å². The molecule has 1 aromatic heterocycles. The Bertz CT molecular complexity index is 920. The lowest BCUT2D eigenvalue weighted by molar-refractivity contribution is 0.457. The molecule has 0 unspecified atom stereocenters. The number of hydrogen-bond acceptors (Lipinski definition) is 4. The van der Waals surface area contributed by atoms with E-state index in [1.807, 2.05) is 42.5 Å². The van der Waals surface area contributed by atoms with E-state index < -0.39 is 9.84 Å². The van der Waals surface area contributed by atoms with Crippen LogP contribution in [0.5, 0.6) is 11.6 Å². The van der Waals surface area contributed by atoms with Crippen molar-refractivity contribution in [3.05, 3.63) is 83.9 Å². The van der Waals surface area contributed by atoms with Crippen LogP contribution in [-0.4, -0.2) is 19.7 Å². The summed E-state index contributed by atoms with van der Waals surface area (Å²) >= 11 is 0. The predicted octanol–water partition coefficient (Wildman–Crippen LogP) is 3.87. The predicted molar refractivity (Wildman–Crippen MR) is 93.1 cm³/mol. The van der Waals surface area contributed by atoms with E-state index in [0.29, 0.717) is 5.75 Å². The highest BCUT2D eigenvalue weighted by atomic mass is 32.2. The van der Waals surface area contributed by atoms with Crippen LogP contribution in [-0.2, 0) is 16.3 Å². The topological polar surface area (TPSA) is 56.3 Å². The zero-order valence-electron chi connectivity index (χ0n) is 13.2. The van der Waals surface area contributed by atoms with Crippen molar-refractivity contribution in [1.29, 1.82) is 0 Å². The van der Waals surface area contributed by atoms with Gasteiger partial charge in [-0.1, -0.05) is 48.5 Å². The Balaban J connectivity index is 1.73. The van der Waals surface area contributed by atoms with Gasteiger partial charge in [0.25, 0.3) is 0 Å². The van der Waals surface area contributed by atoms with Crippen LogP contribution in [0.2, 0.25) is 0 Å². The maximum atomic E-state index is 11.5. The van der Waals surface area contributed by atoms with E-state index in [0.717, 1.165) is 12.7 Å². The molecule has 1 heterocycles. The lowest BCUT2D eigenvalue weighted by Crippen LogP contribution is -2.01. The van der Waals surface area contributed by atoms with E-state index in [-0.39, 0.29) is 10.9 Å². The van der Waals surface area contributed by atoms with Crippen molar-refractivity contribution in [2.75, 3.05) is 6.26 Å². The Morgan fingerprint density at radius 2 is 1.50 bits per heavy atom. The number of sulfone groups is 1.